The van der Waals surface area contributed by atoms with Crippen molar-refractivity contribution in [3.8, 4) is 0 Å². The van der Waals surface area contributed by atoms with Crippen LogP contribution in [-0.4, -0.2) is 5.78 Å². The summed E-state index contributed by atoms with van der Waals surface area (Å²) in [6, 6.07) is 0. The molecular formula is C16H28O. The number of hydrogen-bond donors (Lipinski definition) is 0. The molecule has 0 aromatic heterocycles. The van der Waals surface area contributed by atoms with Crippen LogP contribution in [0.5, 0.6) is 0 Å². The highest BCUT2D eigenvalue weighted by Crippen LogP contribution is 2.43. The molecule has 0 heterocycles. The van der Waals surface area contributed by atoms with Gasteiger partial charge in [-0.05, 0) is 50.4 Å². The fourth-order valence-electron chi connectivity index (χ4n) is 3.43. The van der Waals surface area contributed by atoms with Gasteiger partial charge in [0.25, 0.3) is 0 Å². The molecule has 0 spiro atoms. The van der Waals surface area contributed by atoms with Gasteiger partial charge < -0.3 is 4.79 Å². The Labute approximate surface area is 107 Å². The molecule has 0 bridgehead atoms. The van der Waals surface area contributed by atoms with E-state index in [-0.39, 0.29) is 5.41 Å². The lowest BCUT2D eigenvalue weighted by atomic mass is 9.70. The van der Waals surface area contributed by atoms with Gasteiger partial charge in [0.05, 0.1) is 0 Å². The summed E-state index contributed by atoms with van der Waals surface area (Å²) in [6.07, 6.45) is 5.64. The summed E-state index contributed by atoms with van der Waals surface area (Å²) in [5, 5.41) is 0. The van der Waals surface area contributed by atoms with Crippen LogP contribution in [-0.2, 0) is 4.79 Å². The second-order valence-electron chi connectivity index (χ2n) is 7.44. The molecule has 0 unspecified atom stereocenters. The molecule has 1 heteroatoms. The van der Waals surface area contributed by atoms with Crippen molar-refractivity contribution in [2.45, 2.75) is 73.6 Å². The van der Waals surface area contributed by atoms with Gasteiger partial charge in [0.15, 0.2) is 0 Å². The van der Waals surface area contributed by atoms with Crippen LogP contribution in [0.3, 0.4) is 0 Å². The molecule has 0 radical (unpaired) electrons. The smallest absolute Gasteiger partial charge is 0.130 e. The molecule has 0 aliphatic heterocycles. The monoisotopic (exact) mass is 236 g/mol. The predicted octanol–water partition coefficient (Wildman–Crippen LogP) is 4.91. The molecule has 1 nitrogen and oxygen atoms in total. The number of Topliss-reactive ketones (excluding diaryl/α,β-unsaturated/α-hetero) is 1. The first-order chi connectivity index (χ1) is 7.61. The summed E-state index contributed by atoms with van der Waals surface area (Å²) >= 11 is 0. The average Bonchev–Trinajstić information content (AvgIpc) is 2.76. The van der Waals surface area contributed by atoms with Gasteiger partial charge in [-0.15, -0.1) is 0 Å². The molecule has 0 saturated heterocycles. The maximum absolute atomic E-state index is 11.3. The Morgan fingerprint density at radius 1 is 1.00 bits per heavy atom. The van der Waals surface area contributed by atoms with E-state index < -0.39 is 0 Å². The Kier molecular flexibility index (Phi) is 4.22. The predicted molar refractivity (Wildman–Crippen MR) is 74.0 cm³/mol. The first-order valence-electron chi connectivity index (χ1n) is 6.78. The number of ketones is 1. The van der Waals surface area contributed by atoms with Crippen molar-refractivity contribution in [2.75, 3.05) is 0 Å². The number of allylic oxidation sites excluding steroid dienone is 2. The topological polar surface area (TPSA) is 17.1 Å². The minimum atomic E-state index is 0.129. The fourth-order valence-corrected chi connectivity index (χ4v) is 3.43. The quantitative estimate of drug-likeness (QED) is 0.599. The first kappa shape index (κ1) is 14.5. The van der Waals surface area contributed by atoms with Crippen LogP contribution in [0.15, 0.2) is 11.1 Å². The highest BCUT2D eigenvalue weighted by Gasteiger charge is 2.31. The van der Waals surface area contributed by atoms with E-state index in [1.807, 2.05) is 0 Å². The minimum absolute atomic E-state index is 0.129. The zero-order chi connectivity index (χ0) is 13.3. The van der Waals surface area contributed by atoms with Crippen molar-refractivity contribution < 1.29 is 4.79 Å². The molecule has 1 aliphatic rings. The van der Waals surface area contributed by atoms with Gasteiger partial charge in [-0.25, -0.2) is 0 Å². The van der Waals surface area contributed by atoms with Crippen molar-refractivity contribution in [1.29, 1.82) is 0 Å². The number of carbonyl (C=O) groups is 1. The van der Waals surface area contributed by atoms with Gasteiger partial charge in [-0.2, -0.15) is 0 Å². The number of carbonyl (C=O) groups excluding carboxylic acids is 1. The lowest BCUT2D eigenvalue weighted by Crippen LogP contribution is -2.25. The third-order valence-corrected chi connectivity index (χ3v) is 3.53. The van der Waals surface area contributed by atoms with Crippen molar-refractivity contribution in [3.05, 3.63) is 11.1 Å². The molecule has 1 rings (SSSR count). The molecule has 1 aliphatic carbocycles. The second-order valence-corrected chi connectivity index (χ2v) is 7.44. The fraction of sp³-hybridized carbons (Fsp3) is 0.812. The maximum Gasteiger partial charge on any atom is 0.130 e. The van der Waals surface area contributed by atoms with Crippen LogP contribution in [0, 0.1) is 10.8 Å². The van der Waals surface area contributed by atoms with Gasteiger partial charge >= 0.3 is 0 Å². The summed E-state index contributed by atoms with van der Waals surface area (Å²) in [6.45, 7) is 13.1. The van der Waals surface area contributed by atoms with Crippen LogP contribution < -0.4 is 0 Å². The molecular weight excluding hydrogens is 208 g/mol. The van der Waals surface area contributed by atoms with E-state index in [9.17, 15) is 4.79 Å². The van der Waals surface area contributed by atoms with E-state index in [0.29, 0.717) is 17.6 Å². The highest BCUT2D eigenvalue weighted by molar-refractivity contribution is 5.76. The first-order valence-corrected chi connectivity index (χ1v) is 6.78. The molecule has 0 aromatic rings. The zero-order valence-corrected chi connectivity index (χ0v) is 12.4. The molecule has 98 valence electrons. The van der Waals surface area contributed by atoms with Gasteiger partial charge in [0.1, 0.15) is 5.78 Å². The Hall–Kier alpha value is -0.590. The van der Waals surface area contributed by atoms with Gasteiger partial charge in [-0.1, -0.05) is 38.8 Å². The van der Waals surface area contributed by atoms with Crippen LogP contribution in [0.25, 0.3) is 0 Å². The molecule has 1 saturated carbocycles. The molecule has 17 heavy (non-hydrogen) atoms. The zero-order valence-electron chi connectivity index (χ0n) is 12.4. The number of hydrogen-bond acceptors (Lipinski definition) is 1. The van der Waals surface area contributed by atoms with Crippen LogP contribution in [0.2, 0.25) is 0 Å². The van der Waals surface area contributed by atoms with E-state index in [0.717, 1.165) is 6.42 Å². The van der Waals surface area contributed by atoms with E-state index >= 15 is 0 Å². The molecule has 0 N–H and O–H groups in total. The molecule has 0 amide bonds. The standard InChI is InChI=1S/C16H28O/c1-12(14-7-8-14)9-15(3,4)11-16(5,6)10-13(2)17/h7-11H2,1-6H3. The Morgan fingerprint density at radius 2 is 1.47 bits per heavy atom. The Balaban J connectivity index is 2.58. The normalized spacial score (nSPS) is 16.0. The summed E-state index contributed by atoms with van der Waals surface area (Å²) in [4.78, 5) is 11.3. The average molecular weight is 236 g/mol. The van der Waals surface area contributed by atoms with E-state index in [1.165, 1.54) is 19.3 Å². The number of rotatable bonds is 6. The summed E-state index contributed by atoms with van der Waals surface area (Å²) in [7, 11) is 0. The molecule has 1 fully saturated rings. The highest BCUT2D eigenvalue weighted by atomic mass is 16.1. The van der Waals surface area contributed by atoms with E-state index in [2.05, 4.69) is 34.6 Å². The third-order valence-electron chi connectivity index (χ3n) is 3.53. The summed E-state index contributed by atoms with van der Waals surface area (Å²) in [5.41, 5.74) is 3.69. The SMILES string of the molecule is CC(=O)CC(C)(C)CC(C)(C)CC(C)=C1CC1. The summed E-state index contributed by atoms with van der Waals surface area (Å²) in [5.74, 6) is 0.308. The lowest BCUT2D eigenvalue weighted by molar-refractivity contribution is -0.119. The van der Waals surface area contributed by atoms with Crippen LogP contribution >= 0.6 is 0 Å². The van der Waals surface area contributed by atoms with Gasteiger partial charge in [0, 0.05) is 6.42 Å². The van der Waals surface area contributed by atoms with Crippen LogP contribution in [0.4, 0.5) is 0 Å². The lowest BCUT2D eigenvalue weighted by Gasteiger charge is -2.35. The van der Waals surface area contributed by atoms with Gasteiger partial charge in [0.2, 0.25) is 0 Å². The Bertz CT molecular complexity index is 325. The van der Waals surface area contributed by atoms with Crippen molar-refractivity contribution in [3.63, 3.8) is 0 Å². The van der Waals surface area contributed by atoms with E-state index in [4.69, 9.17) is 0 Å². The summed E-state index contributed by atoms with van der Waals surface area (Å²) < 4.78 is 0. The van der Waals surface area contributed by atoms with Crippen molar-refractivity contribution in [1.82, 2.24) is 0 Å². The van der Waals surface area contributed by atoms with E-state index in [1.54, 1.807) is 18.1 Å². The third kappa shape index (κ3) is 5.52. The van der Waals surface area contributed by atoms with Crippen molar-refractivity contribution in [2.24, 2.45) is 10.8 Å². The second kappa shape index (κ2) is 4.96. The largest absolute Gasteiger partial charge is 0.300 e. The molecule has 0 aromatic carbocycles. The van der Waals surface area contributed by atoms with Crippen LogP contribution in [0.1, 0.15) is 73.6 Å². The Morgan fingerprint density at radius 3 is 1.88 bits per heavy atom. The minimum Gasteiger partial charge on any atom is -0.300 e. The van der Waals surface area contributed by atoms with Gasteiger partial charge in [-0.3, -0.25) is 0 Å². The maximum atomic E-state index is 11.3. The van der Waals surface area contributed by atoms with Crippen molar-refractivity contribution >= 4 is 5.78 Å². The molecule has 0 atom stereocenters.